The molecule has 2 N–H and O–H groups in total. The van der Waals surface area contributed by atoms with Gasteiger partial charge in [-0.15, -0.1) is 0 Å². The van der Waals surface area contributed by atoms with E-state index in [9.17, 15) is 13.2 Å². The van der Waals surface area contributed by atoms with Crippen LogP contribution in [0.15, 0.2) is 24.3 Å². The van der Waals surface area contributed by atoms with Gasteiger partial charge in [0.1, 0.15) is 0 Å². The quantitative estimate of drug-likeness (QED) is 0.593. The number of benzene rings is 1. The molecule has 128 valence electrons. The van der Waals surface area contributed by atoms with Gasteiger partial charge in [0.2, 0.25) is 0 Å². The summed E-state index contributed by atoms with van der Waals surface area (Å²) >= 11 is 5.11. The number of alkyl halides is 3. The molecule has 1 aliphatic rings. The van der Waals surface area contributed by atoms with E-state index in [-0.39, 0.29) is 0 Å². The highest BCUT2D eigenvalue weighted by molar-refractivity contribution is 7.80. The third-order valence-electron chi connectivity index (χ3n) is 3.73. The van der Waals surface area contributed by atoms with Gasteiger partial charge in [-0.05, 0) is 55.7 Å². The van der Waals surface area contributed by atoms with Crippen molar-refractivity contribution in [3.8, 4) is 0 Å². The van der Waals surface area contributed by atoms with Crippen molar-refractivity contribution in [2.24, 2.45) is 0 Å². The fourth-order valence-corrected chi connectivity index (χ4v) is 2.72. The van der Waals surface area contributed by atoms with Crippen molar-refractivity contribution in [3.63, 3.8) is 0 Å². The smallest absolute Gasteiger partial charge is 0.378 e. The lowest BCUT2D eigenvalue weighted by Gasteiger charge is -2.13. The van der Waals surface area contributed by atoms with Crippen molar-refractivity contribution in [1.29, 1.82) is 0 Å². The number of anilines is 1. The summed E-state index contributed by atoms with van der Waals surface area (Å²) in [4.78, 5) is 0. The van der Waals surface area contributed by atoms with Gasteiger partial charge >= 0.3 is 6.18 Å². The van der Waals surface area contributed by atoms with Crippen LogP contribution in [0.25, 0.3) is 0 Å². The molecule has 1 aliphatic carbocycles. The van der Waals surface area contributed by atoms with Crippen molar-refractivity contribution in [3.05, 3.63) is 29.8 Å². The molecule has 0 aliphatic heterocycles. The maximum Gasteiger partial charge on any atom is 0.416 e. The van der Waals surface area contributed by atoms with E-state index in [1.807, 2.05) is 0 Å². The largest absolute Gasteiger partial charge is 0.416 e. The molecule has 1 aromatic rings. The Morgan fingerprint density at radius 2 is 1.83 bits per heavy atom. The van der Waals surface area contributed by atoms with E-state index in [0.717, 1.165) is 31.4 Å². The topological polar surface area (TPSA) is 33.3 Å². The first kappa shape index (κ1) is 18.0. The Bertz CT molecular complexity index is 499. The standard InChI is InChI=1S/C16H21F3N2OS/c17-16(18,19)12-6-8-13(9-7-12)21-15(23)20-10-3-11-22-14-4-1-2-5-14/h6-9,14H,1-5,10-11H2,(H2,20,21,23). The second-order valence-corrected chi connectivity index (χ2v) is 6.00. The molecular weight excluding hydrogens is 325 g/mol. The van der Waals surface area contributed by atoms with Crippen LogP contribution in [-0.4, -0.2) is 24.4 Å². The minimum atomic E-state index is -4.32. The zero-order chi connectivity index (χ0) is 16.7. The molecule has 3 nitrogen and oxygen atoms in total. The van der Waals surface area contributed by atoms with Gasteiger partial charge in [-0.1, -0.05) is 12.8 Å². The van der Waals surface area contributed by atoms with E-state index in [0.29, 0.717) is 30.1 Å². The van der Waals surface area contributed by atoms with Crippen LogP contribution in [0.2, 0.25) is 0 Å². The average Bonchev–Trinajstić information content (AvgIpc) is 3.00. The molecule has 2 rings (SSSR count). The van der Waals surface area contributed by atoms with Gasteiger partial charge < -0.3 is 15.4 Å². The monoisotopic (exact) mass is 346 g/mol. The zero-order valence-corrected chi connectivity index (χ0v) is 13.6. The number of nitrogens with one attached hydrogen (secondary N) is 2. The first-order valence-corrected chi connectivity index (χ1v) is 8.20. The second-order valence-electron chi connectivity index (χ2n) is 5.59. The number of rotatable bonds is 6. The third-order valence-corrected chi connectivity index (χ3v) is 3.98. The van der Waals surface area contributed by atoms with Crippen molar-refractivity contribution in [2.75, 3.05) is 18.5 Å². The molecule has 1 aromatic carbocycles. The fraction of sp³-hybridized carbons (Fsp3) is 0.562. The lowest BCUT2D eigenvalue weighted by Crippen LogP contribution is -2.30. The van der Waals surface area contributed by atoms with Gasteiger partial charge in [0.05, 0.1) is 11.7 Å². The highest BCUT2D eigenvalue weighted by Gasteiger charge is 2.29. The summed E-state index contributed by atoms with van der Waals surface area (Å²) in [5.74, 6) is 0. The van der Waals surface area contributed by atoms with E-state index >= 15 is 0 Å². The van der Waals surface area contributed by atoms with Crippen molar-refractivity contribution >= 4 is 23.0 Å². The molecule has 0 radical (unpaired) electrons. The molecule has 0 amide bonds. The molecule has 0 atom stereocenters. The second kappa shape index (κ2) is 8.49. The molecule has 1 saturated carbocycles. The van der Waals surface area contributed by atoms with Crippen LogP contribution in [0.1, 0.15) is 37.7 Å². The first-order valence-electron chi connectivity index (χ1n) is 7.79. The highest BCUT2D eigenvalue weighted by Crippen LogP contribution is 2.29. The van der Waals surface area contributed by atoms with E-state index < -0.39 is 11.7 Å². The lowest BCUT2D eigenvalue weighted by molar-refractivity contribution is -0.137. The Morgan fingerprint density at radius 1 is 1.17 bits per heavy atom. The number of halogens is 3. The van der Waals surface area contributed by atoms with Crippen LogP contribution < -0.4 is 10.6 Å². The Kier molecular flexibility index (Phi) is 6.65. The summed E-state index contributed by atoms with van der Waals surface area (Å²) in [6.45, 7) is 1.36. The van der Waals surface area contributed by atoms with Crippen LogP contribution in [0.5, 0.6) is 0 Å². The minimum Gasteiger partial charge on any atom is -0.378 e. The van der Waals surface area contributed by atoms with Gasteiger partial charge in [-0.2, -0.15) is 13.2 Å². The highest BCUT2D eigenvalue weighted by atomic mass is 32.1. The molecule has 0 aromatic heterocycles. The SMILES string of the molecule is FC(F)(F)c1ccc(NC(=S)NCCCOC2CCCC2)cc1. The Morgan fingerprint density at radius 3 is 2.43 bits per heavy atom. The summed E-state index contributed by atoms with van der Waals surface area (Å²) < 4.78 is 43.1. The molecule has 0 spiro atoms. The van der Waals surface area contributed by atoms with Gasteiger partial charge in [-0.25, -0.2) is 0 Å². The van der Waals surface area contributed by atoms with E-state index in [2.05, 4.69) is 10.6 Å². The van der Waals surface area contributed by atoms with Crippen LogP contribution in [0, 0.1) is 0 Å². The van der Waals surface area contributed by atoms with E-state index in [1.54, 1.807) is 0 Å². The third kappa shape index (κ3) is 6.35. The van der Waals surface area contributed by atoms with E-state index in [1.165, 1.54) is 25.0 Å². The summed E-state index contributed by atoms with van der Waals surface area (Å²) in [7, 11) is 0. The van der Waals surface area contributed by atoms with E-state index in [4.69, 9.17) is 17.0 Å². The van der Waals surface area contributed by atoms with Gasteiger partial charge in [-0.3, -0.25) is 0 Å². The molecule has 0 unspecified atom stereocenters. The molecule has 0 bridgehead atoms. The maximum absolute atomic E-state index is 12.5. The summed E-state index contributed by atoms with van der Waals surface area (Å²) in [5.41, 5.74) is -0.149. The van der Waals surface area contributed by atoms with Crippen molar-refractivity contribution in [2.45, 2.75) is 44.4 Å². The van der Waals surface area contributed by atoms with Crippen molar-refractivity contribution < 1.29 is 17.9 Å². The van der Waals surface area contributed by atoms with Crippen LogP contribution in [0.3, 0.4) is 0 Å². The Balaban J connectivity index is 1.62. The van der Waals surface area contributed by atoms with Gasteiger partial charge in [0.25, 0.3) is 0 Å². The molecule has 0 heterocycles. The lowest BCUT2D eigenvalue weighted by atomic mass is 10.2. The first-order chi connectivity index (χ1) is 10.9. The zero-order valence-electron chi connectivity index (χ0n) is 12.8. The van der Waals surface area contributed by atoms with Crippen molar-refractivity contribution in [1.82, 2.24) is 5.32 Å². The van der Waals surface area contributed by atoms with Crippen LogP contribution >= 0.6 is 12.2 Å². The van der Waals surface area contributed by atoms with Gasteiger partial charge in [0, 0.05) is 18.8 Å². The molecular formula is C16H21F3N2OS. The number of hydrogen-bond acceptors (Lipinski definition) is 2. The summed E-state index contributed by atoms with van der Waals surface area (Å²) in [6, 6.07) is 4.78. The van der Waals surface area contributed by atoms with Gasteiger partial charge in [0.15, 0.2) is 5.11 Å². The normalized spacial score (nSPS) is 15.6. The van der Waals surface area contributed by atoms with Crippen LogP contribution in [-0.2, 0) is 10.9 Å². The predicted octanol–water partition coefficient (Wildman–Crippen LogP) is 4.34. The Hall–Kier alpha value is -1.34. The predicted molar refractivity (Wildman–Crippen MR) is 88.5 cm³/mol. The molecule has 0 saturated heterocycles. The molecule has 23 heavy (non-hydrogen) atoms. The number of thiocarbonyl (C=S) groups is 1. The van der Waals surface area contributed by atoms with Crippen LogP contribution in [0.4, 0.5) is 18.9 Å². The number of hydrogen-bond donors (Lipinski definition) is 2. The molecule has 1 fully saturated rings. The summed E-state index contributed by atoms with van der Waals surface area (Å²) in [6.07, 6.45) is 1.74. The average molecular weight is 346 g/mol. The number of ether oxygens (including phenoxy) is 1. The Labute approximate surface area is 139 Å². The maximum atomic E-state index is 12.5. The molecule has 7 heteroatoms. The summed E-state index contributed by atoms with van der Waals surface area (Å²) in [5, 5.41) is 6.28. The minimum absolute atomic E-state index is 0.394. The fourth-order valence-electron chi connectivity index (χ4n) is 2.50.